The lowest BCUT2D eigenvalue weighted by Gasteiger charge is -2.23. The summed E-state index contributed by atoms with van der Waals surface area (Å²) < 4.78 is 28.2. The fraction of sp³-hybridized carbons (Fsp3) is 0.421. The molecule has 11 nitrogen and oxygen atoms in total. The summed E-state index contributed by atoms with van der Waals surface area (Å²) in [6.45, 7) is 8.34. The molecular weight excluding hydrogens is 1070 g/mol. The molecule has 0 fully saturated rings. The number of hydrogen-bond donors (Lipinski definition) is 2. The van der Waals surface area contributed by atoms with Crippen LogP contribution in [0.2, 0.25) is 0 Å². The first-order valence-electron chi connectivity index (χ1n) is 32.5. The van der Waals surface area contributed by atoms with Gasteiger partial charge in [-0.1, -0.05) is 107 Å². The molecule has 0 saturated carbocycles. The van der Waals surface area contributed by atoms with E-state index in [4.69, 9.17) is 28.9 Å². The van der Waals surface area contributed by atoms with Gasteiger partial charge in [0.1, 0.15) is 23.0 Å². The molecular formula is C76H100N7O4+3. The molecule has 0 atom stereocenters. The normalized spacial score (nSPS) is 12.5. The third-order valence-electron chi connectivity index (χ3n) is 16.3. The van der Waals surface area contributed by atoms with Crippen LogP contribution in [0.25, 0.3) is 90.9 Å². The van der Waals surface area contributed by atoms with Crippen molar-refractivity contribution in [1.29, 1.82) is 0 Å². The van der Waals surface area contributed by atoms with Crippen molar-refractivity contribution in [3.63, 3.8) is 0 Å². The number of benzene rings is 4. The molecule has 2 aliphatic heterocycles. The summed E-state index contributed by atoms with van der Waals surface area (Å²) in [6.07, 6.45) is 26.4. The van der Waals surface area contributed by atoms with Gasteiger partial charge in [-0.15, -0.1) is 0 Å². The van der Waals surface area contributed by atoms with Crippen LogP contribution in [0.1, 0.15) is 126 Å². The lowest BCUT2D eigenvalue weighted by atomic mass is 10.0. The maximum atomic E-state index is 6.38. The molecule has 0 aliphatic carbocycles. The highest BCUT2D eigenvalue weighted by molar-refractivity contribution is 6.00. The molecule has 460 valence electrons. The first-order chi connectivity index (χ1) is 42.0. The van der Waals surface area contributed by atoms with Crippen LogP contribution in [0.15, 0.2) is 121 Å². The Morgan fingerprint density at radius 2 is 0.540 bits per heavy atom. The van der Waals surface area contributed by atoms with Crippen molar-refractivity contribution >= 4 is 46.4 Å². The van der Waals surface area contributed by atoms with Crippen LogP contribution in [0.3, 0.4) is 0 Å². The Kier molecular flexibility index (Phi) is 22.4. The van der Waals surface area contributed by atoms with Crippen molar-refractivity contribution in [2.24, 2.45) is 0 Å². The molecule has 7 aromatic rings. The zero-order valence-corrected chi connectivity index (χ0v) is 54.3. The average Bonchev–Trinajstić information content (AvgIpc) is 1.79. The second-order valence-corrected chi connectivity index (χ2v) is 27.0. The first-order valence-corrected chi connectivity index (χ1v) is 32.5. The number of fused-ring (bicyclic) bond motifs is 8. The van der Waals surface area contributed by atoms with Gasteiger partial charge >= 0.3 is 0 Å². The van der Waals surface area contributed by atoms with Crippen molar-refractivity contribution in [3.05, 3.63) is 144 Å². The predicted octanol–water partition coefficient (Wildman–Crippen LogP) is 17.8. The third kappa shape index (κ3) is 19.0. The summed E-state index contributed by atoms with van der Waals surface area (Å²) in [5.74, 6) is 3.43. The Morgan fingerprint density at radius 1 is 0.287 bits per heavy atom. The van der Waals surface area contributed by atoms with Gasteiger partial charge in [-0.25, -0.2) is 9.97 Å². The van der Waals surface area contributed by atoms with Gasteiger partial charge in [0.05, 0.1) is 132 Å². The lowest BCUT2D eigenvalue weighted by Crippen LogP contribution is -2.35. The quantitative estimate of drug-likeness (QED) is 0.0314. The summed E-state index contributed by atoms with van der Waals surface area (Å²) in [6, 6.07) is 42.9. The number of ether oxygens (including phenoxy) is 4. The van der Waals surface area contributed by atoms with Crippen molar-refractivity contribution in [1.82, 2.24) is 19.9 Å². The van der Waals surface area contributed by atoms with E-state index in [9.17, 15) is 0 Å². The maximum Gasteiger partial charge on any atom is 0.119 e. The molecule has 2 N–H and O–H groups in total. The highest BCUT2D eigenvalue weighted by Gasteiger charge is 2.21. The van der Waals surface area contributed by atoms with Crippen LogP contribution in [-0.2, 0) is 0 Å². The Bertz CT molecular complexity index is 3370. The SMILES string of the molecule is CCCCCCCCCCCOc1ccc(-c2c3ccc([nH]3)c(-c3ccc(OCCCC[N+](C)(C)C)cc3)c3nc(c(-c4ccc(OCCCC[N+](C)(C)C)cc4)c4nc(c(-c5ccc(OCCCC[N+](C)(C)C)cc5)c5ccc2[nH]5)C=C4)C=C3)cc1. The first kappa shape index (κ1) is 64.0. The highest BCUT2D eigenvalue weighted by atomic mass is 16.5. The van der Waals surface area contributed by atoms with E-state index in [0.717, 1.165) is 190 Å². The second kappa shape index (κ2) is 30.5. The van der Waals surface area contributed by atoms with Gasteiger partial charge in [-0.2, -0.15) is 0 Å². The second-order valence-electron chi connectivity index (χ2n) is 27.0. The summed E-state index contributed by atoms with van der Waals surface area (Å²) >= 11 is 0. The van der Waals surface area contributed by atoms with E-state index in [0.29, 0.717) is 26.4 Å². The van der Waals surface area contributed by atoms with Gasteiger partial charge in [0.2, 0.25) is 0 Å². The van der Waals surface area contributed by atoms with Gasteiger partial charge in [0.25, 0.3) is 0 Å². The number of aromatic nitrogens is 4. The summed E-state index contributed by atoms with van der Waals surface area (Å²) in [5.41, 5.74) is 15.2. The molecule has 4 aromatic carbocycles. The summed E-state index contributed by atoms with van der Waals surface area (Å²) in [7, 11) is 20.1. The molecule has 0 radical (unpaired) electrons. The minimum Gasteiger partial charge on any atom is -0.494 e. The zero-order valence-electron chi connectivity index (χ0n) is 54.3. The van der Waals surface area contributed by atoms with E-state index in [2.05, 4.69) is 226 Å². The Morgan fingerprint density at radius 3 is 0.851 bits per heavy atom. The fourth-order valence-corrected chi connectivity index (χ4v) is 11.5. The minimum atomic E-state index is 0.670. The molecule has 9 rings (SSSR count). The Labute approximate surface area is 520 Å². The van der Waals surface area contributed by atoms with Crippen molar-refractivity contribution in [3.8, 4) is 67.5 Å². The van der Waals surface area contributed by atoms with Crippen LogP contribution in [0.5, 0.6) is 23.0 Å². The van der Waals surface area contributed by atoms with Crippen LogP contribution in [0, 0.1) is 0 Å². The maximum absolute atomic E-state index is 6.38. The van der Waals surface area contributed by atoms with Crippen molar-refractivity contribution < 1.29 is 32.4 Å². The molecule has 8 bridgehead atoms. The third-order valence-corrected chi connectivity index (χ3v) is 16.3. The van der Waals surface area contributed by atoms with Gasteiger partial charge < -0.3 is 42.4 Å². The van der Waals surface area contributed by atoms with Gasteiger partial charge in [0, 0.05) is 44.3 Å². The molecule has 0 unspecified atom stereocenters. The number of hydrogen-bond acceptors (Lipinski definition) is 6. The largest absolute Gasteiger partial charge is 0.494 e. The standard InChI is InChI=1S/C76H100N7O4/c1-11-12-13-14-15-16-17-18-22-53-84-61-34-26-57(27-35-61)73-65-42-44-67(77-65)74(58-28-36-62(37-29-58)85-54-23-19-50-81(2,3)4)69-46-48-71(79-69)76(60-32-40-64(41-33-60)87-56-25-21-52-83(8,9)10)72-49-47-70(80-72)75(68-45-43-66(73)78-68)59-30-38-63(39-31-59)86-55-24-20-51-82(5,6)7/h26-49,77-78H,11-25,50-56H2,1-10H3/q+3. The van der Waals surface area contributed by atoms with Gasteiger partial charge in [-0.05, 0) is 164 Å². The molecule has 2 aliphatic rings. The van der Waals surface area contributed by atoms with Crippen LogP contribution in [0.4, 0.5) is 0 Å². The molecule has 0 spiro atoms. The summed E-state index contributed by atoms with van der Waals surface area (Å²) in [5, 5.41) is 0. The number of nitrogens with one attached hydrogen (secondary N) is 2. The van der Waals surface area contributed by atoms with E-state index in [-0.39, 0.29) is 0 Å². The predicted molar refractivity (Wildman–Crippen MR) is 366 cm³/mol. The molecule has 3 aromatic heterocycles. The number of H-pyrrole nitrogens is 2. The molecule has 0 saturated heterocycles. The van der Waals surface area contributed by atoms with Crippen LogP contribution < -0.4 is 18.9 Å². The number of rotatable bonds is 33. The van der Waals surface area contributed by atoms with Crippen molar-refractivity contribution in [2.45, 2.75) is 103 Å². The number of aromatic amines is 2. The lowest BCUT2D eigenvalue weighted by molar-refractivity contribution is -0.870. The fourth-order valence-electron chi connectivity index (χ4n) is 11.5. The van der Waals surface area contributed by atoms with Gasteiger partial charge in [-0.3, -0.25) is 0 Å². The van der Waals surface area contributed by atoms with E-state index < -0.39 is 0 Å². The molecule has 87 heavy (non-hydrogen) atoms. The summed E-state index contributed by atoms with van der Waals surface area (Å²) in [4.78, 5) is 19.1. The minimum absolute atomic E-state index is 0.670. The molecule has 0 amide bonds. The van der Waals surface area contributed by atoms with E-state index in [1.807, 2.05) is 0 Å². The zero-order chi connectivity index (χ0) is 61.2. The number of quaternary nitrogens is 3. The number of unbranched alkanes of at least 4 members (excludes halogenated alkanes) is 11. The topological polar surface area (TPSA) is 94.3 Å². The molecule has 11 heteroatoms. The van der Waals surface area contributed by atoms with Crippen LogP contribution >= 0.6 is 0 Å². The smallest absolute Gasteiger partial charge is 0.119 e. The van der Waals surface area contributed by atoms with Gasteiger partial charge in [0.15, 0.2) is 0 Å². The molecule has 5 heterocycles. The van der Waals surface area contributed by atoms with E-state index in [1.54, 1.807) is 0 Å². The Hall–Kier alpha value is -7.44. The number of nitrogens with zero attached hydrogens (tertiary/aromatic N) is 5. The van der Waals surface area contributed by atoms with Crippen molar-refractivity contribution in [2.75, 3.05) is 109 Å². The van der Waals surface area contributed by atoms with Crippen LogP contribution in [-0.4, -0.2) is 143 Å². The Balaban J connectivity index is 1.15. The monoisotopic (exact) mass is 1170 g/mol. The average molecular weight is 1180 g/mol. The highest BCUT2D eigenvalue weighted by Crippen LogP contribution is 2.40. The van der Waals surface area contributed by atoms with E-state index >= 15 is 0 Å². The van der Waals surface area contributed by atoms with E-state index in [1.165, 1.54) is 51.4 Å².